The lowest BCUT2D eigenvalue weighted by Gasteiger charge is -2.21. The van der Waals surface area contributed by atoms with Gasteiger partial charge in [0, 0.05) is 45.7 Å². The molecule has 1 unspecified atom stereocenters. The van der Waals surface area contributed by atoms with Crippen LogP contribution in [0.1, 0.15) is 27.2 Å². The van der Waals surface area contributed by atoms with Crippen molar-refractivity contribution in [3.05, 3.63) is 24.5 Å². The molecule has 0 aliphatic carbocycles. The SMILES string of the molecule is CCOC(CCNC(=NC)NCCNS(=O)(=O)c1cccnc1)C(C)C. The fraction of sp³-hybridized carbons (Fsp3) is 0.647. The summed E-state index contributed by atoms with van der Waals surface area (Å²) in [6.07, 6.45) is 3.93. The summed E-state index contributed by atoms with van der Waals surface area (Å²) in [5.74, 6) is 1.08. The summed E-state index contributed by atoms with van der Waals surface area (Å²) in [4.78, 5) is 8.11. The van der Waals surface area contributed by atoms with Crippen LogP contribution < -0.4 is 15.4 Å². The predicted molar refractivity (Wildman–Crippen MR) is 104 cm³/mol. The van der Waals surface area contributed by atoms with E-state index < -0.39 is 10.0 Å². The lowest BCUT2D eigenvalue weighted by atomic mass is 10.0. The van der Waals surface area contributed by atoms with Crippen molar-refractivity contribution in [2.75, 3.05) is 33.3 Å². The molecule has 1 rings (SSSR count). The molecule has 0 bridgehead atoms. The second-order valence-electron chi connectivity index (χ2n) is 6.04. The molecule has 9 heteroatoms. The number of pyridine rings is 1. The maximum atomic E-state index is 12.1. The second kappa shape index (κ2) is 11.8. The number of rotatable bonds is 11. The number of aliphatic imine (C=N–C) groups is 1. The smallest absolute Gasteiger partial charge is 0.242 e. The standard InChI is InChI=1S/C17H31N5O3S/c1-5-25-16(14(2)3)8-10-20-17(18-4)21-11-12-22-26(23,24)15-7-6-9-19-13-15/h6-7,9,13-14,16,22H,5,8,10-12H2,1-4H3,(H2,18,20,21). The first-order chi connectivity index (χ1) is 12.4. The summed E-state index contributed by atoms with van der Waals surface area (Å²) in [7, 11) is -1.86. The molecule has 0 aliphatic heterocycles. The van der Waals surface area contributed by atoms with E-state index in [0.717, 1.165) is 13.0 Å². The van der Waals surface area contributed by atoms with E-state index in [-0.39, 0.29) is 17.5 Å². The van der Waals surface area contributed by atoms with Gasteiger partial charge in [-0.3, -0.25) is 9.98 Å². The van der Waals surface area contributed by atoms with Gasteiger partial charge in [-0.2, -0.15) is 0 Å². The van der Waals surface area contributed by atoms with E-state index in [0.29, 0.717) is 25.0 Å². The van der Waals surface area contributed by atoms with E-state index in [1.807, 2.05) is 6.92 Å². The van der Waals surface area contributed by atoms with Gasteiger partial charge in [0.25, 0.3) is 0 Å². The van der Waals surface area contributed by atoms with E-state index in [2.05, 4.69) is 39.2 Å². The lowest BCUT2D eigenvalue weighted by molar-refractivity contribution is 0.0258. The molecule has 0 amide bonds. The minimum Gasteiger partial charge on any atom is -0.378 e. The fourth-order valence-corrected chi connectivity index (χ4v) is 3.33. The Morgan fingerprint density at radius 3 is 2.58 bits per heavy atom. The van der Waals surface area contributed by atoms with E-state index in [1.165, 1.54) is 18.5 Å². The predicted octanol–water partition coefficient (Wildman–Crippen LogP) is 0.976. The Bertz CT molecular complexity index is 635. The van der Waals surface area contributed by atoms with Crippen molar-refractivity contribution in [1.82, 2.24) is 20.3 Å². The van der Waals surface area contributed by atoms with Crippen molar-refractivity contribution < 1.29 is 13.2 Å². The van der Waals surface area contributed by atoms with Crippen molar-refractivity contribution in [3.8, 4) is 0 Å². The van der Waals surface area contributed by atoms with Crippen molar-refractivity contribution in [1.29, 1.82) is 0 Å². The van der Waals surface area contributed by atoms with Crippen LogP contribution >= 0.6 is 0 Å². The Labute approximate surface area is 156 Å². The second-order valence-corrected chi connectivity index (χ2v) is 7.81. The highest BCUT2D eigenvalue weighted by Gasteiger charge is 2.14. The zero-order valence-corrected chi connectivity index (χ0v) is 16.8. The summed E-state index contributed by atoms with van der Waals surface area (Å²) in [5, 5.41) is 6.30. The first-order valence-electron chi connectivity index (χ1n) is 8.86. The van der Waals surface area contributed by atoms with Crippen molar-refractivity contribution >= 4 is 16.0 Å². The van der Waals surface area contributed by atoms with Crippen LogP contribution in [0.5, 0.6) is 0 Å². The van der Waals surface area contributed by atoms with Crippen LogP contribution in [0.3, 0.4) is 0 Å². The van der Waals surface area contributed by atoms with Crippen LogP contribution in [0.2, 0.25) is 0 Å². The number of hydrogen-bond acceptors (Lipinski definition) is 5. The first kappa shape index (κ1) is 22.3. The van der Waals surface area contributed by atoms with Crippen LogP contribution in [0.15, 0.2) is 34.4 Å². The number of hydrogen-bond donors (Lipinski definition) is 3. The van der Waals surface area contributed by atoms with E-state index in [9.17, 15) is 8.42 Å². The molecule has 0 spiro atoms. The van der Waals surface area contributed by atoms with Crippen LogP contribution in [0, 0.1) is 5.92 Å². The monoisotopic (exact) mass is 385 g/mol. The molecular weight excluding hydrogens is 354 g/mol. The molecule has 1 heterocycles. The average Bonchev–Trinajstić information content (AvgIpc) is 2.63. The number of guanidine groups is 1. The largest absolute Gasteiger partial charge is 0.378 e. The molecular formula is C17H31N5O3S. The highest BCUT2D eigenvalue weighted by molar-refractivity contribution is 7.89. The third-order valence-corrected chi connectivity index (χ3v) is 5.17. The topological polar surface area (TPSA) is 105 Å². The lowest BCUT2D eigenvalue weighted by Crippen LogP contribution is -2.42. The van der Waals surface area contributed by atoms with Gasteiger partial charge in [0.05, 0.1) is 6.10 Å². The summed E-state index contributed by atoms with van der Waals surface area (Å²) in [6.45, 7) is 8.36. The Hall–Kier alpha value is -1.71. The molecule has 0 fully saturated rings. The molecule has 1 atom stereocenters. The minimum atomic E-state index is -3.54. The van der Waals surface area contributed by atoms with Gasteiger partial charge in [0.1, 0.15) is 4.90 Å². The van der Waals surface area contributed by atoms with Crippen molar-refractivity contribution in [2.24, 2.45) is 10.9 Å². The molecule has 148 valence electrons. The zero-order valence-electron chi connectivity index (χ0n) is 16.0. The summed E-state index contributed by atoms with van der Waals surface area (Å²) in [6, 6.07) is 3.10. The molecule has 1 aromatic rings. The van der Waals surface area contributed by atoms with E-state index in [4.69, 9.17) is 4.74 Å². The fourth-order valence-electron chi connectivity index (χ4n) is 2.33. The van der Waals surface area contributed by atoms with Crippen LogP contribution in [0.25, 0.3) is 0 Å². The third-order valence-electron chi connectivity index (χ3n) is 3.72. The number of aromatic nitrogens is 1. The molecule has 0 aromatic carbocycles. The average molecular weight is 386 g/mol. The van der Waals surface area contributed by atoms with E-state index >= 15 is 0 Å². The minimum absolute atomic E-state index is 0.151. The van der Waals surface area contributed by atoms with Gasteiger partial charge in [0.15, 0.2) is 5.96 Å². The Morgan fingerprint density at radius 1 is 1.27 bits per heavy atom. The quantitative estimate of drug-likeness (QED) is 0.298. The van der Waals surface area contributed by atoms with Gasteiger partial charge in [-0.05, 0) is 31.4 Å². The maximum absolute atomic E-state index is 12.1. The Balaban J connectivity index is 2.32. The van der Waals surface area contributed by atoms with Gasteiger partial charge in [0.2, 0.25) is 10.0 Å². The van der Waals surface area contributed by atoms with Gasteiger partial charge in [-0.15, -0.1) is 0 Å². The van der Waals surface area contributed by atoms with Gasteiger partial charge in [-0.1, -0.05) is 13.8 Å². The molecule has 0 saturated carbocycles. The summed E-state index contributed by atoms with van der Waals surface area (Å²) >= 11 is 0. The highest BCUT2D eigenvalue weighted by atomic mass is 32.2. The number of nitrogens with zero attached hydrogens (tertiary/aromatic N) is 2. The normalized spacial score (nSPS) is 13.7. The molecule has 1 aromatic heterocycles. The zero-order chi connectivity index (χ0) is 19.4. The number of ether oxygens (including phenoxy) is 1. The molecule has 0 saturated heterocycles. The summed E-state index contributed by atoms with van der Waals surface area (Å²) < 4.78 is 32.4. The van der Waals surface area contributed by atoms with Gasteiger partial charge < -0.3 is 15.4 Å². The van der Waals surface area contributed by atoms with Crippen LogP contribution in [0.4, 0.5) is 0 Å². The highest BCUT2D eigenvalue weighted by Crippen LogP contribution is 2.09. The molecule has 3 N–H and O–H groups in total. The third kappa shape index (κ3) is 8.11. The first-order valence-corrected chi connectivity index (χ1v) is 10.3. The number of sulfonamides is 1. The van der Waals surface area contributed by atoms with Crippen LogP contribution in [-0.2, 0) is 14.8 Å². The maximum Gasteiger partial charge on any atom is 0.242 e. The van der Waals surface area contributed by atoms with Crippen molar-refractivity contribution in [3.63, 3.8) is 0 Å². The number of nitrogens with one attached hydrogen (secondary N) is 3. The summed E-state index contributed by atoms with van der Waals surface area (Å²) in [5.41, 5.74) is 0. The molecule has 8 nitrogen and oxygen atoms in total. The van der Waals surface area contributed by atoms with Crippen molar-refractivity contribution in [2.45, 2.75) is 38.2 Å². The molecule has 0 radical (unpaired) electrons. The molecule has 26 heavy (non-hydrogen) atoms. The Morgan fingerprint density at radius 2 is 2.00 bits per heavy atom. The van der Waals surface area contributed by atoms with Gasteiger partial charge in [-0.25, -0.2) is 13.1 Å². The Kier molecular flexibility index (Phi) is 10.2. The van der Waals surface area contributed by atoms with Gasteiger partial charge >= 0.3 is 0 Å². The van der Waals surface area contributed by atoms with Crippen LogP contribution in [-0.4, -0.2) is 58.8 Å². The van der Waals surface area contributed by atoms with E-state index in [1.54, 1.807) is 13.1 Å². The molecule has 0 aliphatic rings.